The molecule has 1 atom stereocenters. The number of carboxylic acid groups (broad SMARTS) is 1. The van der Waals surface area contributed by atoms with Gasteiger partial charge in [-0.25, -0.2) is 9.59 Å². The highest BCUT2D eigenvalue weighted by Crippen LogP contribution is 2.34. The average molecular weight is 267 g/mol. The van der Waals surface area contributed by atoms with E-state index in [4.69, 9.17) is 4.74 Å². The Morgan fingerprint density at radius 2 is 2.44 bits per heavy atom. The predicted molar refractivity (Wildman–Crippen MR) is 66.7 cm³/mol. The zero-order valence-corrected chi connectivity index (χ0v) is 10.5. The Morgan fingerprint density at radius 1 is 1.67 bits per heavy atom. The number of rotatable bonds is 3. The van der Waals surface area contributed by atoms with Gasteiger partial charge < -0.3 is 9.84 Å². The van der Waals surface area contributed by atoms with Crippen molar-refractivity contribution in [2.24, 2.45) is 0 Å². The van der Waals surface area contributed by atoms with Crippen LogP contribution in [0.5, 0.6) is 0 Å². The molecule has 1 aliphatic rings. The molecule has 6 heteroatoms. The number of hydrogen-bond donors (Lipinski definition) is 1. The van der Waals surface area contributed by atoms with E-state index in [-0.39, 0.29) is 6.61 Å². The summed E-state index contributed by atoms with van der Waals surface area (Å²) < 4.78 is 4.91. The van der Waals surface area contributed by atoms with E-state index in [9.17, 15) is 14.7 Å². The lowest BCUT2D eigenvalue weighted by atomic mass is 10.0. The summed E-state index contributed by atoms with van der Waals surface area (Å²) in [7, 11) is 0. The van der Waals surface area contributed by atoms with Gasteiger partial charge in [-0.05, 0) is 23.4 Å². The molecular formula is C12H13NO4S. The maximum atomic E-state index is 11.8. The number of carbonyl (C=O) groups is 2. The third-order valence-corrected chi connectivity index (χ3v) is 3.77. The molecule has 1 aliphatic heterocycles. The summed E-state index contributed by atoms with van der Waals surface area (Å²) in [6.45, 7) is 3.89. The van der Waals surface area contributed by atoms with Crippen molar-refractivity contribution in [1.82, 2.24) is 4.90 Å². The fourth-order valence-electron chi connectivity index (χ4n) is 1.96. The number of amides is 1. The van der Waals surface area contributed by atoms with Crippen molar-refractivity contribution in [2.45, 2.75) is 12.5 Å². The highest BCUT2D eigenvalue weighted by atomic mass is 32.1. The van der Waals surface area contributed by atoms with Gasteiger partial charge in [-0.2, -0.15) is 0 Å². The topological polar surface area (TPSA) is 66.8 Å². The first-order chi connectivity index (χ1) is 8.65. The molecule has 96 valence electrons. The molecule has 0 aliphatic carbocycles. The van der Waals surface area contributed by atoms with Crippen LogP contribution in [0.25, 0.3) is 0 Å². The van der Waals surface area contributed by atoms with Gasteiger partial charge in [0.1, 0.15) is 6.61 Å². The highest BCUT2D eigenvalue weighted by molar-refractivity contribution is 7.10. The minimum Gasteiger partial charge on any atom is -0.479 e. The molecule has 0 radical (unpaired) electrons. The Hall–Kier alpha value is -1.82. The van der Waals surface area contributed by atoms with E-state index >= 15 is 0 Å². The van der Waals surface area contributed by atoms with Gasteiger partial charge in [0.05, 0.1) is 0 Å². The van der Waals surface area contributed by atoms with Crippen LogP contribution in [0.1, 0.15) is 16.5 Å². The summed E-state index contributed by atoms with van der Waals surface area (Å²) in [5.41, 5.74) is 1.00. The first kappa shape index (κ1) is 12.6. The molecule has 2 heterocycles. The number of hydrogen-bond acceptors (Lipinski definition) is 4. The zero-order valence-electron chi connectivity index (χ0n) is 9.67. The van der Waals surface area contributed by atoms with Crippen molar-refractivity contribution < 1.29 is 19.4 Å². The number of fused-ring (bicyclic) bond motifs is 1. The molecule has 1 aromatic rings. The molecule has 0 aromatic carbocycles. The van der Waals surface area contributed by atoms with Crippen LogP contribution < -0.4 is 0 Å². The van der Waals surface area contributed by atoms with Crippen LogP contribution in [-0.4, -0.2) is 35.2 Å². The second kappa shape index (κ2) is 5.22. The molecule has 1 amide bonds. The van der Waals surface area contributed by atoms with Gasteiger partial charge in [-0.1, -0.05) is 12.7 Å². The lowest BCUT2D eigenvalue weighted by Gasteiger charge is -2.31. The lowest BCUT2D eigenvalue weighted by molar-refractivity contribution is -0.143. The van der Waals surface area contributed by atoms with Crippen molar-refractivity contribution in [1.29, 1.82) is 0 Å². The molecule has 1 aromatic heterocycles. The fraction of sp³-hybridized carbons (Fsp3) is 0.333. The summed E-state index contributed by atoms with van der Waals surface area (Å²) >= 11 is 1.36. The maximum absolute atomic E-state index is 11.8. The van der Waals surface area contributed by atoms with E-state index in [0.717, 1.165) is 5.56 Å². The molecule has 0 fully saturated rings. The summed E-state index contributed by atoms with van der Waals surface area (Å²) in [5, 5.41) is 11.1. The van der Waals surface area contributed by atoms with Crippen LogP contribution in [0.15, 0.2) is 24.1 Å². The maximum Gasteiger partial charge on any atom is 0.411 e. The molecule has 0 saturated carbocycles. The standard InChI is InChI=1S/C12H13NO4S/c1-2-6-17-12(16)13-5-3-8-4-7-18-10(8)9(13)11(14)15/h2,4,7,9H,1,3,5-6H2,(H,14,15). The van der Waals surface area contributed by atoms with Crippen LogP contribution >= 0.6 is 11.3 Å². The van der Waals surface area contributed by atoms with Gasteiger partial charge in [-0.15, -0.1) is 11.3 Å². The Kier molecular flexibility index (Phi) is 3.66. The summed E-state index contributed by atoms with van der Waals surface area (Å²) in [5.74, 6) is -1.03. The van der Waals surface area contributed by atoms with E-state index < -0.39 is 18.1 Å². The van der Waals surface area contributed by atoms with Crippen molar-refractivity contribution >= 4 is 23.4 Å². The van der Waals surface area contributed by atoms with Crippen molar-refractivity contribution in [3.63, 3.8) is 0 Å². The molecular weight excluding hydrogens is 254 g/mol. The number of ether oxygens (including phenoxy) is 1. The average Bonchev–Trinajstić information content (AvgIpc) is 2.82. The van der Waals surface area contributed by atoms with Crippen LogP contribution in [0.4, 0.5) is 4.79 Å². The number of nitrogens with zero attached hydrogens (tertiary/aromatic N) is 1. The second-order valence-electron chi connectivity index (χ2n) is 3.86. The Morgan fingerprint density at radius 3 is 3.11 bits per heavy atom. The lowest BCUT2D eigenvalue weighted by Crippen LogP contribution is -2.43. The quantitative estimate of drug-likeness (QED) is 0.851. The number of thiophene rings is 1. The first-order valence-corrected chi connectivity index (χ1v) is 6.36. The van der Waals surface area contributed by atoms with Crippen LogP contribution in [0, 0.1) is 0 Å². The molecule has 1 unspecified atom stereocenters. The minimum absolute atomic E-state index is 0.0823. The Bertz CT molecular complexity index is 482. The summed E-state index contributed by atoms with van der Waals surface area (Å²) in [6, 6.07) is 0.966. The summed E-state index contributed by atoms with van der Waals surface area (Å²) in [6.07, 6.45) is 1.50. The highest BCUT2D eigenvalue weighted by Gasteiger charge is 2.37. The number of carbonyl (C=O) groups excluding carboxylic acids is 1. The van der Waals surface area contributed by atoms with Gasteiger partial charge in [-0.3, -0.25) is 4.90 Å². The van der Waals surface area contributed by atoms with E-state index in [1.807, 2.05) is 11.4 Å². The molecule has 0 saturated heterocycles. The van der Waals surface area contributed by atoms with Crippen molar-refractivity contribution in [3.05, 3.63) is 34.5 Å². The van der Waals surface area contributed by atoms with E-state index in [0.29, 0.717) is 17.8 Å². The van der Waals surface area contributed by atoms with Gasteiger partial charge in [0.2, 0.25) is 0 Å². The number of aliphatic carboxylic acids is 1. The van der Waals surface area contributed by atoms with E-state index in [2.05, 4.69) is 6.58 Å². The van der Waals surface area contributed by atoms with E-state index in [1.54, 1.807) is 0 Å². The smallest absolute Gasteiger partial charge is 0.411 e. The molecule has 5 nitrogen and oxygen atoms in total. The van der Waals surface area contributed by atoms with Gasteiger partial charge >= 0.3 is 12.1 Å². The fourth-order valence-corrected chi connectivity index (χ4v) is 3.02. The number of carboxylic acids is 1. The summed E-state index contributed by atoms with van der Waals surface area (Å²) in [4.78, 5) is 25.1. The third-order valence-electron chi connectivity index (χ3n) is 2.76. The third kappa shape index (κ3) is 2.24. The van der Waals surface area contributed by atoms with Crippen LogP contribution in [-0.2, 0) is 16.0 Å². The first-order valence-electron chi connectivity index (χ1n) is 5.48. The van der Waals surface area contributed by atoms with Crippen molar-refractivity contribution in [2.75, 3.05) is 13.2 Å². The van der Waals surface area contributed by atoms with Gasteiger partial charge in [0.15, 0.2) is 6.04 Å². The molecule has 2 rings (SSSR count). The monoisotopic (exact) mass is 267 g/mol. The molecule has 18 heavy (non-hydrogen) atoms. The van der Waals surface area contributed by atoms with E-state index in [1.165, 1.54) is 22.3 Å². The predicted octanol–water partition coefficient (Wildman–Crippen LogP) is 2.05. The molecule has 1 N–H and O–H groups in total. The largest absolute Gasteiger partial charge is 0.479 e. The Labute approximate surface area is 108 Å². The molecule has 0 spiro atoms. The van der Waals surface area contributed by atoms with Gasteiger partial charge in [0.25, 0.3) is 0 Å². The normalized spacial score (nSPS) is 18.0. The van der Waals surface area contributed by atoms with Crippen molar-refractivity contribution in [3.8, 4) is 0 Å². The van der Waals surface area contributed by atoms with Crippen LogP contribution in [0.2, 0.25) is 0 Å². The molecule has 0 bridgehead atoms. The Balaban J connectivity index is 2.24. The van der Waals surface area contributed by atoms with Gasteiger partial charge in [0, 0.05) is 11.4 Å². The zero-order chi connectivity index (χ0) is 13.1. The minimum atomic E-state index is -1.03. The second-order valence-corrected chi connectivity index (χ2v) is 4.81. The SMILES string of the molecule is C=CCOC(=O)N1CCc2ccsc2C1C(=O)O. The van der Waals surface area contributed by atoms with Crippen LogP contribution in [0.3, 0.4) is 0 Å².